The second kappa shape index (κ2) is 21.8. The van der Waals surface area contributed by atoms with E-state index >= 15 is 0 Å². The third-order valence-corrected chi connectivity index (χ3v) is 3.68. The summed E-state index contributed by atoms with van der Waals surface area (Å²) < 4.78 is 0. The Bertz CT molecular complexity index is 247. The zero-order chi connectivity index (χ0) is 18.8. The minimum atomic E-state index is -1.44. The third kappa shape index (κ3) is 28.8. The molecule has 2 aliphatic rings. The van der Waals surface area contributed by atoms with Gasteiger partial charge in [-0.2, -0.15) is 0 Å². The van der Waals surface area contributed by atoms with Crippen LogP contribution < -0.4 is 10.2 Å². The zero-order valence-corrected chi connectivity index (χ0v) is 19.6. The van der Waals surface area contributed by atoms with Gasteiger partial charge in [0, 0.05) is 0 Å². The number of hydrogen-bond acceptors (Lipinski definition) is 6. The van der Waals surface area contributed by atoms with Gasteiger partial charge in [-0.15, -0.1) is 0 Å². The summed E-state index contributed by atoms with van der Waals surface area (Å²) in [6.45, 7) is 2.27. The molecule has 2 rings (SSSR count). The fourth-order valence-electron chi connectivity index (χ4n) is 2.12. The van der Waals surface area contributed by atoms with Crippen LogP contribution in [-0.2, 0) is 9.59 Å². The van der Waals surface area contributed by atoms with Gasteiger partial charge in [0.1, 0.15) is 0 Å². The van der Waals surface area contributed by atoms with Gasteiger partial charge in [0.25, 0.3) is 0 Å². The minimum Gasteiger partial charge on any atom is -0.547 e. The van der Waals surface area contributed by atoms with Gasteiger partial charge < -0.3 is 30.0 Å². The average Bonchev–Trinajstić information content (AvgIpc) is 2.59. The van der Waals surface area contributed by atoms with E-state index in [4.69, 9.17) is 10.2 Å². The van der Waals surface area contributed by atoms with Crippen LogP contribution in [0.15, 0.2) is 0 Å². The van der Waals surface area contributed by atoms with Gasteiger partial charge in [-0.25, -0.2) is 0 Å². The number of rotatable bonds is 2. The average molecular weight is 554 g/mol. The summed E-state index contributed by atoms with van der Waals surface area (Å²) in [5.41, 5.74) is 0. The van der Waals surface area contributed by atoms with Crippen LogP contribution in [0.5, 0.6) is 0 Å². The number of aliphatic carboxylic acids is 2. The molecule has 2 N–H and O–H groups in total. The van der Waals surface area contributed by atoms with Gasteiger partial charge >= 0.3 is 27.3 Å². The summed E-state index contributed by atoms with van der Waals surface area (Å²) in [4.78, 5) is 18.7. The summed E-state index contributed by atoms with van der Waals surface area (Å²) in [5.74, 6) is -2.87. The predicted molar refractivity (Wildman–Crippen MR) is 94.5 cm³/mol. The van der Waals surface area contributed by atoms with Crippen LogP contribution in [0.4, 0.5) is 0 Å². The number of aliphatic hydroxyl groups is 2. The molecule has 0 heterocycles. The predicted octanol–water partition coefficient (Wildman–Crippen LogP) is 0.535. The maximum Gasteiger partial charge on any atom is 2.00 e. The number of aliphatic hydroxyl groups excluding tert-OH is 2. The first-order chi connectivity index (χ1) is 11.3. The first kappa shape index (κ1) is 29.5. The molecule has 2 atom stereocenters. The molecule has 0 aromatic carbocycles. The Labute approximate surface area is 172 Å². The molecule has 0 saturated heterocycles. The maximum atomic E-state index is 9.34. The van der Waals surface area contributed by atoms with Crippen molar-refractivity contribution < 1.29 is 30.0 Å². The molecule has 0 amide bonds. The largest absolute Gasteiger partial charge is 2.00 e. The smallest absolute Gasteiger partial charge is 0.547 e. The summed E-state index contributed by atoms with van der Waals surface area (Å²) in [5, 5.41) is 34.6. The summed E-state index contributed by atoms with van der Waals surface area (Å²) in [7, 11) is 0. The first-order valence-electron chi connectivity index (χ1n) is 9.06. The van der Waals surface area contributed by atoms with E-state index in [0.717, 1.165) is 13.8 Å². The second-order valence-corrected chi connectivity index (χ2v) is 6.23. The molecule has 6 nitrogen and oxygen atoms in total. The van der Waals surface area contributed by atoms with Gasteiger partial charge in [0.2, 0.25) is 0 Å². The molecule has 0 spiro atoms. The molecule has 0 aromatic rings. The second-order valence-electron chi connectivity index (χ2n) is 6.23. The molecule has 25 heavy (non-hydrogen) atoms. The Morgan fingerprint density at radius 3 is 0.720 bits per heavy atom. The Morgan fingerprint density at radius 2 is 0.680 bits per heavy atom. The Balaban J connectivity index is -0.000000255. The van der Waals surface area contributed by atoms with E-state index in [-0.39, 0.29) is 27.3 Å². The summed E-state index contributed by atoms with van der Waals surface area (Å²) in [6.07, 6.45) is 15.3. The van der Waals surface area contributed by atoms with Crippen LogP contribution >= 0.6 is 0 Å². The Kier molecular flexibility index (Phi) is 25.8. The number of hydrogen-bond donors (Lipinski definition) is 2. The van der Waals surface area contributed by atoms with Crippen molar-refractivity contribution in [3.8, 4) is 0 Å². The van der Waals surface area contributed by atoms with Crippen molar-refractivity contribution in [3.05, 3.63) is 0 Å². The van der Waals surface area contributed by atoms with Crippen molar-refractivity contribution in [2.75, 3.05) is 0 Å². The summed E-state index contributed by atoms with van der Waals surface area (Å²) >= 11 is 0. The molecule has 2 radical (unpaired) electrons. The number of carboxylic acids is 2. The molecule has 2 aliphatic carbocycles. The van der Waals surface area contributed by atoms with Gasteiger partial charge in [-0.3, -0.25) is 0 Å². The van der Waals surface area contributed by atoms with Gasteiger partial charge in [0.15, 0.2) is 0 Å². The zero-order valence-electron chi connectivity index (χ0n) is 15.7. The van der Waals surface area contributed by atoms with Gasteiger partial charge in [0.05, 0.1) is 24.1 Å². The molecular formula is C18H34O6Pb. The molecular weight excluding hydrogens is 519 g/mol. The van der Waals surface area contributed by atoms with Crippen LogP contribution in [0.1, 0.15) is 90.9 Å². The Hall–Kier alpha value is -0.218. The maximum absolute atomic E-state index is 9.34. The quantitative estimate of drug-likeness (QED) is 0.482. The van der Waals surface area contributed by atoms with E-state index in [2.05, 4.69) is 0 Å². The van der Waals surface area contributed by atoms with Crippen LogP contribution in [0, 0.1) is 0 Å². The molecule has 0 aromatic heterocycles. The minimum absolute atomic E-state index is 0. The van der Waals surface area contributed by atoms with E-state index in [1.807, 2.05) is 0 Å². The van der Waals surface area contributed by atoms with Crippen LogP contribution in [0.2, 0.25) is 0 Å². The van der Waals surface area contributed by atoms with Crippen LogP contribution in [0.3, 0.4) is 0 Å². The number of carbonyl (C=O) groups is 2. The van der Waals surface area contributed by atoms with Crippen molar-refractivity contribution in [2.45, 2.75) is 103 Å². The molecule has 7 heteroatoms. The van der Waals surface area contributed by atoms with Gasteiger partial charge in [-0.1, -0.05) is 77.0 Å². The Morgan fingerprint density at radius 1 is 0.600 bits per heavy atom. The molecule has 2 saturated carbocycles. The van der Waals surface area contributed by atoms with Crippen molar-refractivity contribution >= 4 is 39.2 Å². The SMILES string of the molecule is C1CCCCC1.C1CCCCC1.CC(O)C(=O)[O-].CC(O)C(=O)[O-].[Pb+2]. The van der Waals surface area contributed by atoms with E-state index in [0.29, 0.717) is 0 Å². The van der Waals surface area contributed by atoms with E-state index in [9.17, 15) is 19.8 Å². The van der Waals surface area contributed by atoms with E-state index in [1.54, 1.807) is 0 Å². The molecule has 0 aliphatic heterocycles. The van der Waals surface area contributed by atoms with E-state index < -0.39 is 24.1 Å². The fourth-order valence-corrected chi connectivity index (χ4v) is 2.12. The fraction of sp³-hybridized carbons (Fsp3) is 0.889. The van der Waals surface area contributed by atoms with Crippen LogP contribution in [-0.4, -0.2) is 61.7 Å². The monoisotopic (exact) mass is 554 g/mol. The summed E-state index contributed by atoms with van der Waals surface area (Å²) in [6, 6.07) is 0. The molecule has 0 bridgehead atoms. The standard InChI is InChI=1S/2C6H12.2C3H6O3.Pb/c2*1-2-4-6-5-3-1;2*1-2(4)3(5)6;/h2*1-6H2;2*2,4H,1H3,(H,5,6);/q;;;;+2/p-2. The number of carbonyl (C=O) groups excluding carboxylic acids is 2. The van der Waals surface area contributed by atoms with Crippen molar-refractivity contribution in [3.63, 3.8) is 0 Å². The number of carboxylic acid groups (broad SMARTS) is 2. The molecule has 2 fully saturated rings. The van der Waals surface area contributed by atoms with Crippen molar-refractivity contribution in [1.29, 1.82) is 0 Å². The van der Waals surface area contributed by atoms with Crippen LogP contribution in [0.25, 0.3) is 0 Å². The van der Waals surface area contributed by atoms with E-state index in [1.165, 1.54) is 77.0 Å². The third-order valence-electron chi connectivity index (χ3n) is 3.68. The normalized spacial score (nSPS) is 18.1. The molecule has 2 unspecified atom stereocenters. The van der Waals surface area contributed by atoms with Crippen molar-refractivity contribution in [1.82, 2.24) is 0 Å². The molecule has 146 valence electrons. The first-order valence-corrected chi connectivity index (χ1v) is 9.06. The topological polar surface area (TPSA) is 121 Å². The van der Waals surface area contributed by atoms with Crippen molar-refractivity contribution in [2.24, 2.45) is 0 Å². The van der Waals surface area contributed by atoms with Gasteiger partial charge in [-0.05, 0) is 13.8 Å².